The second-order valence-corrected chi connectivity index (χ2v) is 4.86. The van der Waals surface area contributed by atoms with Crippen LogP contribution in [0.4, 0.5) is 0 Å². The molecule has 0 aliphatic heterocycles. The van der Waals surface area contributed by atoms with Gasteiger partial charge in [0.05, 0.1) is 13.2 Å². The van der Waals surface area contributed by atoms with Gasteiger partial charge in [0.2, 0.25) is 0 Å². The number of nitrogens with one attached hydrogen (secondary N) is 1. The molecule has 0 bridgehead atoms. The minimum atomic E-state index is 0.507. The van der Waals surface area contributed by atoms with E-state index < -0.39 is 0 Å². The molecule has 1 aromatic heterocycles. The van der Waals surface area contributed by atoms with Crippen LogP contribution in [0.2, 0.25) is 0 Å². The zero-order valence-electron chi connectivity index (χ0n) is 10.0. The molecule has 0 atom stereocenters. The average molecular weight is 245 g/mol. The van der Waals surface area contributed by atoms with Gasteiger partial charge in [0.25, 0.3) is 5.19 Å². The van der Waals surface area contributed by atoms with Gasteiger partial charge >= 0.3 is 0 Å². The standard InChI is InChI=1S/C10H19N3O2S/c1-8(2)7-15-10-13-12-9(16-10)6-11-4-5-14-3/h8,11H,4-7H2,1-3H3. The van der Waals surface area contributed by atoms with E-state index in [-0.39, 0.29) is 0 Å². The van der Waals surface area contributed by atoms with Gasteiger partial charge in [-0.15, -0.1) is 10.2 Å². The first kappa shape index (κ1) is 13.3. The Kier molecular flexibility index (Phi) is 6.29. The first-order chi connectivity index (χ1) is 7.72. The van der Waals surface area contributed by atoms with Crippen LogP contribution in [0.3, 0.4) is 0 Å². The van der Waals surface area contributed by atoms with E-state index in [4.69, 9.17) is 9.47 Å². The molecular weight excluding hydrogens is 226 g/mol. The van der Waals surface area contributed by atoms with E-state index >= 15 is 0 Å². The summed E-state index contributed by atoms with van der Waals surface area (Å²) in [6, 6.07) is 0. The van der Waals surface area contributed by atoms with Crippen LogP contribution in [0, 0.1) is 5.92 Å². The molecule has 16 heavy (non-hydrogen) atoms. The summed E-state index contributed by atoms with van der Waals surface area (Å²) < 4.78 is 10.4. The Balaban J connectivity index is 2.22. The first-order valence-electron chi connectivity index (χ1n) is 5.37. The number of nitrogens with zero attached hydrogens (tertiary/aromatic N) is 2. The van der Waals surface area contributed by atoms with Crippen molar-refractivity contribution in [2.24, 2.45) is 5.92 Å². The third-order valence-corrected chi connectivity index (χ3v) is 2.58. The predicted octanol–water partition coefficient (Wildman–Crippen LogP) is 1.31. The SMILES string of the molecule is COCCNCc1nnc(OCC(C)C)s1. The van der Waals surface area contributed by atoms with Crippen LogP contribution < -0.4 is 10.1 Å². The van der Waals surface area contributed by atoms with Crippen LogP contribution in [0.5, 0.6) is 5.19 Å². The molecule has 1 aromatic rings. The first-order valence-corrected chi connectivity index (χ1v) is 6.19. The lowest BCUT2D eigenvalue weighted by atomic mass is 10.2. The largest absolute Gasteiger partial charge is 0.469 e. The number of ether oxygens (including phenoxy) is 2. The third-order valence-electron chi connectivity index (χ3n) is 1.75. The van der Waals surface area contributed by atoms with Gasteiger partial charge in [-0.05, 0) is 5.92 Å². The van der Waals surface area contributed by atoms with E-state index in [1.165, 1.54) is 11.3 Å². The van der Waals surface area contributed by atoms with E-state index in [0.717, 1.165) is 11.6 Å². The molecule has 1 heterocycles. The summed E-state index contributed by atoms with van der Waals surface area (Å²) in [6.07, 6.45) is 0. The molecule has 0 aliphatic carbocycles. The van der Waals surface area contributed by atoms with Crippen molar-refractivity contribution >= 4 is 11.3 Å². The van der Waals surface area contributed by atoms with Crippen molar-refractivity contribution in [3.05, 3.63) is 5.01 Å². The Labute approximate surface area is 100 Å². The summed E-state index contributed by atoms with van der Waals surface area (Å²) in [6.45, 7) is 7.13. The molecule has 0 radical (unpaired) electrons. The highest BCUT2D eigenvalue weighted by atomic mass is 32.1. The maximum absolute atomic E-state index is 5.47. The number of methoxy groups -OCH3 is 1. The third kappa shape index (κ3) is 5.39. The van der Waals surface area contributed by atoms with Crippen molar-refractivity contribution in [2.75, 3.05) is 26.9 Å². The molecular formula is C10H19N3O2S. The van der Waals surface area contributed by atoms with Gasteiger partial charge in [-0.2, -0.15) is 0 Å². The fraction of sp³-hybridized carbons (Fsp3) is 0.800. The zero-order chi connectivity index (χ0) is 11.8. The number of aromatic nitrogens is 2. The Bertz CT molecular complexity index is 291. The molecule has 0 fully saturated rings. The molecule has 1 rings (SSSR count). The quantitative estimate of drug-likeness (QED) is 0.700. The Morgan fingerprint density at radius 3 is 2.88 bits per heavy atom. The average Bonchev–Trinajstić information content (AvgIpc) is 2.70. The molecule has 92 valence electrons. The number of rotatable bonds is 8. The van der Waals surface area contributed by atoms with Gasteiger partial charge in [-0.3, -0.25) is 0 Å². The minimum absolute atomic E-state index is 0.507. The van der Waals surface area contributed by atoms with E-state index in [0.29, 0.717) is 30.9 Å². The molecule has 6 heteroatoms. The fourth-order valence-corrected chi connectivity index (χ4v) is 1.64. The van der Waals surface area contributed by atoms with E-state index in [1.807, 2.05) is 0 Å². The topological polar surface area (TPSA) is 56.3 Å². The molecule has 0 amide bonds. The Morgan fingerprint density at radius 2 is 2.19 bits per heavy atom. The Morgan fingerprint density at radius 1 is 1.38 bits per heavy atom. The van der Waals surface area contributed by atoms with E-state index in [2.05, 4.69) is 29.4 Å². The summed E-state index contributed by atoms with van der Waals surface area (Å²) in [5.74, 6) is 0.507. The minimum Gasteiger partial charge on any atom is -0.469 e. The van der Waals surface area contributed by atoms with Crippen molar-refractivity contribution in [3.63, 3.8) is 0 Å². The highest BCUT2D eigenvalue weighted by Crippen LogP contribution is 2.18. The monoisotopic (exact) mass is 245 g/mol. The fourth-order valence-electron chi connectivity index (χ4n) is 0.975. The van der Waals surface area contributed by atoms with Crippen LogP contribution in [0.1, 0.15) is 18.9 Å². The summed E-state index contributed by atoms with van der Waals surface area (Å²) in [5.41, 5.74) is 0. The number of hydrogen-bond acceptors (Lipinski definition) is 6. The van der Waals surface area contributed by atoms with Crippen LogP contribution >= 0.6 is 11.3 Å². The summed E-state index contributed by atoms with van der Waals surface area (Å²) in [5, 5.41) is 12.8. The van der Waals surface area contributed by atoms with Gasteiger partial charge in [0, 0.05) is 20.2 Å². The number of hydrogen-bond donors (Lipinski definition) is 1. The maximum Gasteiger partial charge on any atom is 0.294 e. The van der Waals surface area contributed by atoms with Gasteiger partial charge in [-0.1, -0.05) is 25.2 Å². The lowest BCUT2D eigenvalue weighted by Gasteiger charge is -2.03. The van der Waals surface area contributed by atoms with Gasteiger partial charge in [0.1, 0.15) is 5.01 Å². The Hall–Kier alpha value is -0.720. The van der Waals surface area contributed by atoms with Crippen molar-refractivity contribution in [3.8, 4) is 5.19 Å². The predicted molar refractivity (Wildman–Crippen MR) is 63.8 cm³/mol. The van der Waals surface area contributed by atoms with Crippen LogP contribution in [0.25, 0.3) is 0 Å². The zero-order valence-corrected chi connectivity index (χ0v) is 10.8. The molecule has 0 aromatic carbocycles. The highest BCUT2D eigenvalue weighted by Gasteiger charge is 2.05. The molecule has 0 spiro atoms. The van der Waals surface area contributed by atoms with Crippen molar-refractivity contribution in [2.45, 2.75) is 20.4 Å². The maximum atomic E-state index is 5.47. The molecule has 0 aliphatic rings. The smallest absolute Gasteiger partial charge is 0.294 e. The van der Waals surface area contributed by atoms with Crippen LogP contribution in [0.15, 0.2) is 0 Å². The molecule has 0 saturated carbocycles. The van der Waals surface area contributed by atoms with Gasteiger partial charge in [-0.25, -0.2) is 0 Å². The molecule has 0 saturated heterocycles. The van der Waals surface area contributed by atoms with Crippen molar-refractivity contribution in [1.82, 2.24) is 15.5 Å². The summed E-state index contributed by atoms with van der Waals surface area (Å²) in [4.78, 5) is 0. The lowest BCUT2D eigenvalue weighted by Crippen LogP contribution is -2.18. The van der Waals surface area contributed by atoms with E-state index in [1.54, 1.807) is 7.11 Å². The van der Waals surface area contributed by atoms with Crippen molar-refractivity contribution in [1.29, 1.82) is 0 Å². The second kappa shape index (κ2) is 7.54. The summed E-state index contributed by atoms with van der Waals surface area (Å²) in [7, 11) is 1.69. The normalized spacial score (nSPS) is 11.0. The molecule has 5 nitrogen and oxygen atoms in total. The lowest BCUT2D eigenvalue weighted by molar-refractivity contribution is 0.199. The molecule has 1 N–H and O–H groups in total. The second-order valence-electron chi connectivity index (χ2n) is 3.84. The van der Waals surface area contributed by atoms with Gasteiger partial charge < -0.3 is 14.8 Å². The highest BCUT2D eigenvalue weighted by molar-refractivity contribution is 7.13. The van der Waals surface area contributed by atoms with Crippen LogP contribution in [-0.4, -0.2) is 37.1 Å². The van der Waals surface area contributed by atoms with Crippen molar-refractivity contribution < 1.29 is 9.47 Å². The van der Waals surface area contributed by atoms with Crippen LogP contribution in [-0.2, 0) is 11.3 Å². The van der Waals surface area contributed by atoms with E-state index in [9.17, 15) is 0 Å². The molecule has 0 unspecified atom stereocenters. The van der Waals surface area contributed by atoms with Gasteiger partial charge in [0.15, 0.2) is 0 Å². The summed E-state index contributed by atoms with van der Waals surface area (Å²) >= 11 is 1.49.